The van der Waals surface area contributed by atoms with Crippen LogP contribution in [0.15, 0.2) is 0 Å². The third-order valence-corrected chi connectivity index (χ3v) is 2.78. The number of rotatable bonds is 1. The normalized spacial score (nSPS) is 7.40. The summed E-state index contributed by atoms with van der Waals surface area (Å²) in [6.07, 6.45) is 0. The molecule has 0 saturated heterocycles. The molecule has 3 radical (unpaired) electrons. The van der Waals surface area contributed by atoms with Gasteiger partial charge in [-0.15, -0.1) is 0 Å². The van der Waals surface area contributed by atoms with Crippen LogP contribution in [0.5, 0.6) is 0 Å². The first-order valence-corrected chi connectivity index (χ1v) is 3.79. The van der Waals surface area contributed by atoms with Gasteiger partial charge in [-0.3, -0.25) is 0 Å². The van der Waals surface area contributed by atoms with Crippen LogP contribution in [0.2, 0.25) is 4.37 Å². The molecule has 5 heavy (non-hydrogen) atoms. The van der Waals surface area contributed by atoms with Crippen LogP contribution in [0, 0.1) is 5.41 Å². The fourth-order valence-electron chi connectivity index (χ4n) is 0. The van der Waals surface area contributed by atoms with Crippen LogP contribution in [0.1, 0.15) is 0 Å². The number of nitrogens with one attached hydrogen (secondary N) is 1. The maximum absolute atomic E-state index is 6.70. The van der Waals surface area contributed by atoms with Crippen LogP contribution < -0.4 is 0 Å². The summed E-state index contributed by atoms with van der Waals surface area (Å²) >= 11 is 4.23. The van der Waals surface area contributed by atoms with Gasteiger partial charge in [-0.25, -0.2) is 0 Å². The molecule has 27 valence electrons. The summed E-state index contributed by atoms with van der Waals surface area (Å²) in [6.45, 7) is 0. The number of hydrogen-bond donors (Lipinski definition) is 1. The van der Waals surface area contributed by atoms with E-state index < -0.39 is 0 Å². The molecule has 0 atom stereocenters. The average Bonchev–Trinajstić information content (AvgIpc) is 1.38. The Morgan fingerprint density at radius 1 is 2.00 bits per heavy atom. The van der Waals surface area contributed by atoms with E-state index in [1.165, 1.54) is 0 Å². The summed E-state index contributed by atoms with van der Waals surface area (Å²) in [5.74, 6) is 0. The first-order chi connectivity index (χ1) is 2.27. The number of hydrogen-bond acceptors (Lipinski definition) is 1. The van der Waals surface area contributed by atoms with Crippen molar-refractivity contribution in [2.45, 2.75) is 4.37 Å². The molecular formula is C2H3NSbSe. The molecule has 1 N–H and O–H groups in total. The molecule has 0 aliphatic rings. The van der Waals surface area contributed by atoms with E-state index in [-0.39, 0.29) is 0 Å². The van der Waals surface area contributed by atoms with E-state index in [0.29, 0.717) is 4.61 Å². The zero-order valence-corrected chi connectivity index (χ0v) is 6.83. The van der Waals surface area contributed by atoms with Crippen molar-refractivity contribution in [2.24, 2.45) is 0 Å². The minimum absolute atomic E-state index is 0.652. The van der Waals surface area contributed by atoms with Crippen molar-refractivity contribution >= 4 is 43.6 Å². The molecule has 0 unspecified atom stereocenters. The molecule has 0 amide bonds. The Hall–Kier alpha value is 1.01. The van der Waals surface area contributed by atoms with Gasteiger partial charge in [0.2, 0.25) is 0 Å². The van der Waals surface area contributed by atoms with Gasteiger partial charge in [-0.1, -0.05) is 0 Å². The molecular weight excluding hydrogens is 239 g/mol. The minimum atomic E-state index is 0.652. The van der Waals surface area contributed by atoms with Gasteiger partial charge in [-0.2, -0.15) is 0 Å². The topological polar surface area (TPSA) is 23.9 Å². The molecule has 0 aromatic rings. The predicted molar refractivity (Wildman–Crippen MR) is 24.0 cm³/mol. The Kier molecular flexibility index (Phi) is 3.85. The second-order valence-corrected chi connectivity index (χ2v) is 2.52. The molecule has 0 aromatic carbocycles. The van der Waals surface area contributed by atoms with Crippen molar-refractivity contribution in [2.75, 3.05) is 0 Å². The summed E-state index contributed by atoms with van der Waals surface area (Å²) in [5.41, 5.74) is 0. The van der Waals surface area contributed by atoms with Gasteiger partial charge in [0.05, 0.1) is 0 Å². The first-order valence-electron chi connectivity index (χ1n) is 1.12. The van der Waals surface area contributed by atoms with E-state index in [1.807, 2.05) is 0 Å². The fourth-order valence-corrected chi connectivity index (χ4v) is 0. The van der Waals surface area contributed by atoms with Crippen molar-refractivity contribution in [3.63, 3.8) is 0 Å². The summed E-state index contributed by atoms with van der Waals surface area (Å²) in [5, 5.41) is 6.70. The third kappa shape index (κ3) is 5.01. The molecule has 0 aliphatic carbocycles. The van der Waals surface area contributed by atoms with E-state index in [2.05, 4.69) is 16.0 Å². The third-order valence-electron chi connectivity index (χ3n) is 0.144. The summed E-state index contributed by atoms with van der Waals surface area (Å²) in [7, 11) is 0. The summed E-state index contributed by atoms with van der Waals surface area (Å²) in [4.78, 5) is 0. The van der Waals surface area contributed by atoms with Gasteiger partial charge in [0, 0.05) is 0 Å². The van der Waals surface area contributed by atoms with Gasteiger partial charge in [0.15, 0.2) is 0 Å². The van der Waals surface area contributed by atoms with Crippen LogP contribution in [-0.4, -0.2) is 43.6 Å². The van der Waals surface area contributed by atoms with Gasteiger partial charge in [-0.05, 0) is 0 Å². The van der Waals surface area contributed by atoms with E-state index >= 15 is 0 Å². The Morgan fingerprint density at radius 3 is 2.20 bits per heavy atom. The van der Waals surface area contributed by atoms with E-state index in [1.54, 1.807) is 23.0 Å². The first kappa shape index (κ1) is 6.01. The molecule has 3 heteroatoms. The SMILES string of the molecule is N=C([Se])[CH2][Sb]. The predicted octanol–water partition coefficient (Wildman–Crippen LogP) is -0.281. The Labute approximate surface area is 53.3 Å². The van der Waals surface area contributed by atoms with Gasteiger partial charge in [0.25, 0.3) is 0 Å². The Bertz CT molecular complexity index is 44.9. The van der Waals surface area contributed by atoms with Crippen molar-refractivity contribution in [1.82, 2.24) is 0 Å². The maximum atomic E-state index is 6.70. The van der Waals surface area contributed by atoms with Crippen molar-refractivity contribution in [1.29, 1.82) is 5.41 Å². The Morgan fingerprint density at radius 2 is 2.20 bits per heavy atom. The van der Waals surface area contributed by atoms with E-state index in [9.17, 15) is 0 Å². The van der Waals surface area contributed by atoms with E-state index in [4.69, 9.17) is 5.41 Å². The molecule has 0 aromatic heterocycles. The van der Waals surface area contributed by atoms with Crippen LogP contribution in [-0.2, 0) is 0 Å². The molecule has 0 bridgehead atoms. The van der Waals surface area contributed by atoms with Crippen LogP contribution in [0.25, 0.3) is 0 Å². The molecule has 0 aliphatic heterocycles. The molecule has 1 nitrogen and oxygen atoms in total. The van der Waals surface area contributed by atoms with Crippen LogP contribution >= 0.6 is 0 Å². The van der Waals surface area contributed by atoms with Gasteiger partial charge < -0.3 is 0 Å². The fraction of sp³-hybridized carbons (Fsp3) is 0.500. The standard InChI is InChI=1S/C2H3NSe.Sb/c1-2(3)4;/h3H,1H2;. The molecule has 0 spiro atoms. The average molecular weight is 242 g/mol. The molecule has 0 fully saturated rings. The summed E-state index contributed by atoms with van der Waals surface area (Å²) in [6, 6.07) is 0. The van der Waals surface area contributed by atoms with Gasteiger partial charge in [0.1, 0.15) is 0 Å². The second kappa shape index (κ2) is 3.21. The van der Waals surface area contributed by atoms with Gasteiger partial charge >= 0.3 is 53.4 Å². The quantitative estimate of drug-likeness (QED) is 0.483. The Balaban J connectivity index is 2.85. The van der Waals surface area contributed by atoms with Crippen LogP contribution in [0.4, 0.5) is 0 Å². The van der Waals surface area contributed by atoms with Crippen molar-refractivity contribution < 1.29 is 0 Å². The molecule has 0 saturated carbocycles. The van der Waals surface area contributed by atoms with Crippen molar-refractivity contribution in [3.05, 3.63) is 0 Å². The zero-order chi connectivity index (χ0) is 4.28. The molecule has 0 rings (SSSR count). The second-order valence-electron chi connectivity index (χ2n) is 0.581. The van der Waals surface area contributed by atoms with E-state index in [0.717, 1.165) is 4.37 Å². The summed E-state index contributed by atoms with van der Waals surface area (Å²) < 4.78 is 1.54. The monoisotopic (exact) mass is 242 g/mol. The zero-order valence-electron chi connectivity index (χ0n) is 2.56. The molecule has 0 heterocycles. The van der Waals surface area contributed by atoms with Crippen molar-refractivity contribution in [3.8, 4) is 0 Å². The van der Waals surface area contributed by atoms with Crippen LogP contribution in [0.3, 0.4) is 0 Å².